The molecule has 2 heterocycles. The van der Waals surface area contributed by atoms with Gasteiger partial charge in [-0.25, -0.2) is 4.98 Å². The number of hydrogen-bond acceptors (Lipinski definition) is 5. The lowest BCUT2D eigenvalue weighted by Crippen LogP contribution is -2.30. The zero-order valence-corrected chi connectivity index (χ0v) is 16.3. The summed E-state index contributed by atoms with van der Waals surface area (Å²) in [5.74, 6) is 0.653. The number of carbonyl (C=O) groups excluding carboxylic acids is 1. The first kappa shape index (κ1) is 18.1. The van der Waals surface area contributed by atoms with Crippen molar-refractivity contribution in [3.05, 3.63) is 64.9 Å². The van der Waals surface area contributed by atoms with Gasteiger partial charge in [-0.05, 0) is 44.9 Å². The summed E-state index contributed by atoms with van der Waals surface area (Å²) >= 11 is 0. The van der Waals surface area contributed by atoms with Gasteiger partial charge in [-0.1, -0.05) is 23.8 Å². The molecule has 1 aliphatic rings. The molecule has 3 aromatic rings. The predicted octanol–water partition coefficient (Wildman–Crippen LogP) is 4.22. The lowest BCUT2D eigenvalue weighted by molar-refractivity contribution is 0.0943. The molecule has 0 spiro atoms. The first-order valence-electron chi connectivity index (χ1n) is 9.10. The van der Waals surface area contributed by atoms with Crippen LogP contribution in [-0.2, 0) is 12.1 Å². The van der Waals surface area contributed by atoms with E-state index >= 15 is 0 Å². The minimum Gasteiger partial charge on any atom is -0.506 e. The topological polar surface area (TPSA) is 84.6 Å². The Morgan fingerprint density at radius 1 is 1.25 bits per heavy atom. The van der Waals surface area contributed by atoms with Crippen molar-refractivity contribution in [3.8, 4) is 22.6 Å². The number of nitrogens with one attached hydrogen (secondary N) is 1. The first-order valence-corrected chi connectivity index (χ1v) is 9.10. The summed E-state index contributed by atoms with van der Waals surface area (Å²) < 4.78 is 11.3. The van der Waals surface area contributed by atoms with E-state index in [9.17, 15) is 9.90 Å². The Balaban J connectivity index is 1.81. The average molecular weight is 378 g/mol. The predicted molar refractivity (Wildman–Crippen MR) is 104 cm³/mol. The van der Waals surface area contributed by atoms with Crippen molar-refractivity contribution in [2.45, 2.75) is 39.8 Å². The highest BCUT2D eigenvalue weighted by Crippen LogP contribution is 2.51. The number of rotatable bonds is 3. The Bertz CT molecular complexity index is 1070. The van der Waals surface area contributed by atoms with Gasteiger partial charge >= 0.3 is 0 Å². The van der Waals surface area contributed by atoms with Crippen molar-refractivity contribution in [2.75, 3.05) is 0 Å². The molecule has 0 saturated heterocycles. The van der Waals surface area contributed by atoms with Crippen LogP contribution in [0.1, 0.15) is 46.7 Å². The molecule has 2 N–H and O–H groups in total. The maximum atomic E-state index is 12.8. The zero-order valence-electron chi connectivity index (χ0n) is 16.3. The number of carbonyl (C=O) groups is 1. The van der Waals surface area contributed by atoms with E-state index in [1.54, 1.807) is 6.92 Å². The number of oxazole rings is 1. The summed E-state index contributed by atoms with van der Waals surface area (Å²) in [6, 6.07) is 7.86. The van der Waals surface area contributed by atoms with Gasteiger partial charge in [0, 0.05) is 5.56 Å². The Hall–Kier alpha value is -3.28. The van der Waals surface area contributed by atoms with Gasteiger partial charge in [0.05, 0.1) is 23.9 Å². The third-order valence-electron chi connectivity index (χ3n) is 5.05. The fourth-order valence-electron chi connectivity index (χ4n) is 3.70. The van der Waals surface area contributed by atoms with Crippen LogP contribution in [0.2, 0.25) is 0 Å². The van der Waals surface area contributed by atoms with Gasteiger partial charge in [0.25, 0.3) is 5.91 Å². The van der Waals surface area contributed by atoms with Crippen molar-refractivity contribution in [2.24, 2.45) is 0 Å². The van der Waals surface area contributed by atoms with Crippen LogP contribution in [0.15, 0.2) is 41.3 Å². The lowest BCUT2D eigenvalue weighted by atomic mass is 9.83. The second-order valence-electron chi connectivity index (χ2n) is 7.60. The molecule has 4 rings (SSSR count). The van der Waals surface area contributed by atoms with Gasteiger partial charge in [-0.3, -0.25) is 4.79 Å². The molecule has 144 valence electrons. The molecule has 6 nitrogen and oxygen atoms in total. The fourth-order valence-corrected chi connectivity index (χ4v) is 3.70. The van der Waals surface area contributed by atoms with Crippen molar-refractivity contribution in [3.63, 3.8) is 0 Å². The summed E-state index contributed by atoms with van der Waals surface area (Å²) in [7, 11) is 0. The van der Waals surface area contributed by atoms with E-state index in [2.05, 4.69) is 10.3 Å². The second-order valence-corrected chi connectivity index (χ2v) is 7.60. The first-order chi connectivity index (χ1) is 13.3. The number of phenols is 1. The van der Waals surface area contributed by atoms with Crippen LogP contribution in [0.3, 0.4) is 0 Å². The quantitative estimate of drug-likeness (QED) is 0.713. The summed E-state index contributed by atoms with van der Waals surface area (Å²) in [6.07, 6.45) is 2.84. The smallest absolute Gasteiger partial charge is 0.255 e. The highest BCUT2D eigenvalue weighted by molar-refractivity contribution is 6.02. The van der Waals surface area contributed by atoms with Crippen LogP contribution in [0.4, 0.5) is 0 Å². The van der Waals surface area contributed by atoms with Crippen LogP contribution < -0.4 is 10.1 Å². The largest absolute Gasteiger partial charge is 0.506 e. The van der Waals surface area contributed by atoms with E-state index in [-0.39, 0.29) is 23.8 Å². The number of aromatic nitrogens is 1. The molecule has 0 saturated carbocycles. The number of nitrogens with zero attached hydrogens (tertiary/aromatic N) is 1. The standard InChI is InChI=1S/C22H22N2O4/c1-12-5-6-16-15(7-12)19-17(28-22(16,3)4)8-13(2)18(20(19)25)21(26)24-10-14-9-23-11-27-14/h5-9,11,25H,10H2,1-4H3,(H,24,26). The van der Waals surface area contributed by atoms with E-state index in [0.29, 0.717) is 22.6 Å². The molecular weight excluding hydrogens is 356 g/mol. The normalized spacial score (nSPS) is 14.0. The number of ether oxygens (including phenoxy) is 1. The maximum Gasteiger partial charge on any atom is 0.255 e. The third kappa shape index (κ3) is 2.91. The van der Waals surface area contributed by atoms with Crippen LogP contribution in [0.25, 0.3) is 11.1 Å². The lowest BCUT2D eigenvalue weighted by Gasteiger charge is -2.36. The molecule has 28 heavy (non-hydrogen) atoms. The number of benzene rings is 2. The number of aryl methyl sites for hydroxylation is 2. The molecule has 0 fully saturated rings. The molecule has 0 unspecified atom stereocenters. The highest BCUT2D eigenvalue weighted by Gasteiger charge is 2.36. The van der Waals surface area contributed by atoms with Crippen LogP contribution in [0, 0.1) is 13.8 Å². The SMILES string of the molecule is Cc1ccc2c(c1)-c1c(cc(C)c(C(=O)NCc3cnco3)c1O)OC2(C)C. The van der Waals surface area contributed by atoms with Crippen LogP contribution in [0.5, 0.6) is 11.5 Å². The van der Waals surface area contributed by atoms with E-state index in [0.717, 1.165) is 16.7 Å². The van der Waals surface area contributed by atoms with Crippen molar-refractivity contribution in [1.82, 2.24) is 10.3 Å². The molecule has 2 aromatic carbocycles. The number of aromatic hydroxyl groups is 1. The molecule has 1 aromatic heterocycles. The molecule has 1 amide bonds. The molecule has 6 heteroatoms. The van der Waals surface area contributed by atoms with E-state index < -0.39 is 5.60 Å². The summed E-state index contributed by atoms with van der Waals surface area (Å²) in [4.78, 5) is 16.6. The van der Waals surface area contributed by atoms with Gasteiger partial charge < -0.3 is 19.6 Å². The molecule has 0 aliphatic carbocycles. The van der Waals surface area contributed by atoms with Gasteiger partial charge in [-0.15, -0.1) is 0 Å². The summed E-state index contributed by atoms with van der Waals surface area (Å²) in [6.45, 7) is 7.96. The fraction of sp³-hybridized carbons (Fsp3) is 0.273. The minimum atomic E-state index is -0.537. The molecular formula is C22H22N2O4. The third-order valence-corrected chi connectivity index (χ3v) is 5.05. The van der Waals surface area contributed by atoms with Crippen molar-refractivity contribution in [1.29, 1.82) is 0 Å². The Morgan fingerprint density at radius 2 is 2.04 bits per heavy atom. The number of phenolic OH excluding ortho intramolecular Hbond substituents is 1. The number of fused-ring (bicyclic) bond motifs is 3. The van der Waals surface area contributed by atoms with E-state index in [1.165, 1.54) is 12.6 Å². The van der Waals surface area contributed by atoms with Crippen molar-refractivity contribution >= 4 is 5.91 Å². The van der Waals surface area contributed by atoms with Gasteiger partial charge in [0.15, 0.2) is 6.39 Å². The second kappa shape index (κ2) is 6.41. The van der Waals surface area contributed by atoms with E-state index in [4.69, 9.17) is 9.15 Å². The maximum absolute atomic E-state index is 12.8. The van der Waals surface area contributed by atoms with E-state index in [1.807, 2.05) is 45.0 Å². The monoisotopic (exact) mass is 378 g/mol. The minimum absolute atomic E-state index is 0.0765. The highest BCUT2D eigenvalue weighted by atomic mass is 16.5. The summed E-state index contributed by atoms with van der Waals surface area (Å²) in [5, 5.41) is 13.8. The molecule has 1 aliphatic heterocycles. The molecule has 0 bridgehead atoms. The van der Waals surface area contributed by atoms with Gasteiger partial charge in [0.2, 0.25) is 0 Å². The summed E-state index contributed by atoms with van der Waals surface area (Å²) in [5.41, 5.74) is 3.80. The van der Waals surface area contributed by atoms with Crippen molar-refractivity contribution < 1.29 is 19.1 Å². The van der Waals surface area contributed by atoms with Gasteiger partial charge in [0.1, 0.15) is 22.9 Å². The molecule has 0 atom stereocenters. The van der Waals surface area contributed by atoms with Gasteiger partial charge in [-0.2, -0.15) is 0 Å². The Labute approximate surface area is 163 Å². The van der Waals surface area contributed by atoms with Crippen LogP contribution >= 0.6 is 0 Å². The molecule has 0 radical (unpaired) electrons. The number of hydrogen-bond donors (Lipinski definition) is 2. The average Bonchev–Trinajstić information content (AvgIpc) is 3.12. The Kier molecular flexibility index (Phi) is 4.14. The van der Waals surface area contributed by atoms with Crippen LogP contribution in [-0.4, -0.2) is 16.0 Å². The number of amides is 1. The zero-order chi connectivity index (χ0) is 20.1. The Morgan fingerprint density at radius 3 is 2.75 bits per heavy atom.